The number of rotatable bonds is 8. The predicted molar refractivity (Wildman–Crippen MR) is 105 cm³/mol. The molecule has 1 saturated heterocycles. The SMILES string of the molecule is C[C@H](NC(CCc1ccccc1)C(=O)O)C(=O)N1CCS(=O)(=O)CC1(C)C(=O)O. The summed E-state index contributed by atoms with van der Waals surface area (Å²) >= 11 is 0. The Morgan fingerprint density at radius 1 is 1.21 bits per heavy atom. The molecule has 1 fully saturated rings. The van der Waals surface area contributed by atoms with E-state index >= 15 is 0 Å². The van der Waals surface area contributed by atoms with Crippen LogP contribution in [0.5, 0.6) is 0 Å². The highest BCUT2D eigenvalue weighted by molar-refractivity contribution is 7.91. The van der Waals surface area contributed by atoms with Crippen LogP contribution in [0.15, 0.2) is 30.3 Å². The summed E-state index contributed by atoms with van der Waals surface area (Å²) in [5.41, 5.74) is -0.938. The molecule has 160 valence electrons. The van der Waals surface area contributed by atoms with Crippen molar-refractivity contribution in [3.63, 3.8) is 0 Å². The molecule has 0 bridgehead atoms. The molecule has 2 rings (SSSR count). The first kappa shape index (κ1) is 22.8. The van der Waals surface area contributed by atoms with Gasteiger partial charge in [0.25, 0.3) is 0 Å². The molecule has 0 spiro atoms. The highest BCUT2D eigenvalue weighted by Crippen LogP contribution is 2.24. The molecule has 1 amide bonds. The largest absolute Gasteiger partial charge is 0.480 e. The number of aryl methyl sites for hydroxylation is 1. The Morgan fingerprint density at radius 3 is 2.38 bits per heavy atom. The minimum absolute atomic E-state index is 0.238. The third-order valence-electron chi connectivity index (χ3n) is 5.13. The van der Waals surface area contributed by atoms with Crippen molar-refractivity contribution in [1.29, 1.82) is 0 Å². The van der Waals surface area contributed by atoms with Gasteiger partial charge in [-0.2, -0.15) is 0 Å². The molecular weight excluding hydrogens is 400 g/mol. The van der Waals surface area contributed by atoms with Gasteiger partial charge in [-0.25, -0.2) is 13.2 Å². The van der Waals surface area contributed by atoms with Gasteiger partial charge in [0.1, 0.15) is 6.04 Å². The Balaban J connectivity index is 2.10. The predicted octanol–water partition coefficient (Wildman–Crippen LogP) is 0.151. The van der Waals surface area contributed by atoms with E-state index in [1.165, 1.54) is 13.8 Å². The minimum Gasteiger partial charge on any atom is -0.480 e. The minimum atomic E-state index is -3.59. The van der Waals surface area contributed by atoms with Crippen LogP contribution in [-0.4, -0.2) is 77.0 Å². The lowest BCUT2D eigenvalue weighted by Gasteiger charge is -2.42. The first-order chi connectivity index (χ1) is 13.5. The molecule has 1 aromatic rings. The Hall–Kier alpha value is -2.46. The molecule has 3 atom stereocenters. The van der Waals surface area contributed by atoms with Crippen molar-refractivity contribution in [1.82, 2.24) is 10.2 Å². The quantitative estimate of drug-likeness (QED) is 0.533. The fraction of sp³-hybridized carbons (Fsp3) is 0.526. The molecule has 0 aliphatic carbocycles. The van der Waals surface area contributed by atoms with Gasteiger partial charge in [0.2, 0.25) is 5.91 Å². The van der Waals surface area contributed by atoms with E-state index in [-0.39, 0.29) is 18.7 Å². The van der Waals surface area contributed by atoms with Crippen molar-refractivity contribution >= 4 is 27.7 Å². The van der Waals surface area contributed by atoms with Crippen LogP contribution < -0.4 is 5.32 Å². The van der Waals surface area contributed by atoms with E-state index in [9.17, 15) is 33.0 Å². The van der Waals surface area contributed by atoms with Crippen molar-refractivity contribution in [3.8, 4) is 0 Å². The fourth-order valence-electron chi connectivity index (χ4n) is 3.43. The lowest BCUT2D eigenvalue weighted by atomic mass is 10.0. The molecule has 0 radical (unpaired) electrons. The topological polar surface area (TPSA) is 141 Å². The molecular formula is C19H26N2O7S. The molecule has 10 heteroatoms. The van der Waals surface area contributed by atoms with E-state index in [4.69, 9.17) is 0 Å². The summed E-state index contributed by atoms with van der Waals surface area (Å²) in [6, 6.07) is 7.30. The zero-order valence-electron chi connectivity index (χ0n) is 16.4. The summed E-state index contributed by atoms with van der Waals surface area (Å²) in [7, 11) is -3.59. The van der Waals surface area contributed by atoms with Crippen molar-refractivity contribution in [2.24, 2.45) is 0 Å². The Kier molecular flexibility index (Phi) is 7.02. The molecule has 1 aliphatic rings. The molecule has 0 aromatic heterocycles. The second-order valence-electron chi connectivity index (χ2n) is 7.46. The van der Waals surface area contributed by atoms with E-state index in [1.54, 1.807) is 0 Å². The number of nitrogens with zero attached hydrogens (tertiary/aromatic N) is 1. The molecule has 3 N–H and O–H groups in total. The third-order valence-corrected chi connectivity index (χ3v) is 6.94. The van der Waals surface area contributed by atoms with Crippen molar-refractivity contribution in [2.75, 3.05) is 18.1 Å². The summed E-state index contributed by atoms with van der Waals surface area (Å²) in [6.45, 7) is 2.39. The number of carbonyl (C=O) groups excluding carboxylic acids is 1. The summed E-state index contributed by atoms with van der Waals surface area (Å²) in [4.78, 5) is 37.2. The van der Waals surface area contributed by atoms with E-state index in [0.717, 1.165) is 10.5 Å². The maximum absolute atomic E-state index is 12.9. The second kappa shape index (κ2) is 8.91. The molecule has 9 nitrogen and oxygen atoms in total. The van der Waals surface area contributed by atoms with Crippen LogP contribution in [-0.2, 0) is 30.6 Å². The number of hydrogen-bond acceptors (Lipinski definition) is 6. The van der Waals surface area contributed by atoms with E-state index in [2.05, 4.69) is 5.32 Å². The number of sulfone groups is 1. The number of hydrogen-bond donors (Lipinski definition) is 3. The molecule has 1 heterocycles. The van der Waals surface area contributed by atoms with Crippen LogP contribution >= 0.6 is 0 Å². The van der Waals surface area contributed by atoms with Crippen LogP contribution in [0.1, 0.15) is 25.8 Å². The van der Waals surface area contributed by atoms with Crippen molar-refractivity contribution in [2.45, 2.75) is 44.3 Å². The summed E-state index contributed by atoms with van der Waals surface area (Å²) in [6.07, 6.45) is 0.724. The zero-order valence-corrected chi connectivity index (χ0v) is 17.2. The van der Waals surface area contributed by atoms with Gasteiger partial charge in [-0.05, 0) is 32.3 Å². The number of amides is 1. The fourth-order valence-corrected chi connectivity index (χ4v) is 5.17. The molecule has 1 aromatic carbocycles. The second-order valence-corrected chi connectivity index (χ2v) is 9.65. The maximum atomic E-state index is 12.9. The van der Waals surface area contributed by atoms with Crippen LogP contribution in [0.4, 0.5) is 0 Å². The highest BCUT2D eigenvalue weighted by Gasteiger charge is 2.50. The Labute approximate surface area is 169 Å². The lowest BCUT2D eigenvalue weighted by Crippen LogP contribution is -2.66. The third kappa shape index (κ3) is 5.54. The number of carboxylic acids is 2. The lowest BCUT2D eigenvalue weighted by molar-refractivity contribution is -0.157. The Morgan fingerprint density at radius 2 is 1.83 bits per heavy atom. The summed E-state index contributed by atoms with van der Waals surface area (Å²) < 4.78 is 23.8. The average Bonchev–Trinajstić information content (AvgIpc) is 2.64. The normalized spacial score (nSPS) is 23.2. The van der Waals surface area contributed by atoms with Gasteiger partial charge in [0.15, 0.2) is 15.4 Å². The van der Waals surface area contributed by atoms with Crippen molar-refractivity contribution in [3.05, 3.63) is 35.9 Å². The van der Waals surface area contributed by atoms with Gasteiger partial charge in [-0.1, -0.05) is 30.3 Å². The monoisotopic (exact) mass is 426 g/mol. The van der Waals surface area contributed by atoms with Crippen LogP contribution in [0.2, 0.25) is 0 Å². The Bertz CT molecular complexity index is 872. The van der Waals surface area contributed by atoms with Gasteiger partial charge < -0.3 is 15.1 Å². The van der Waals surface area contributed by atoms with Crippen molar-refractivity contribution < 1.29 is 33.0 Å². The number of aliphatic carboxylic acids is 2. The first-order valence-electron chi connectivity index (χ1n) is 9.24. The van der Waals surface area contributed by atoms with Gasteiger partial charge in [-0.3, -0.25) is 14.9 Å². The number of nitrogens with one attached hydrogen (secondary N) is 1. The number of carbonyl (C=O) groups is 3. The first-order valence-corrected chi connectivity index (χ1v) is 11.1. The van der Waals surface area contributed by atoms with Crippen LogP contribution in [0, 0.1) is 0 Å². The van der Waals surface area contributed by atoms with Gasteiger partial charge in [0, 0.05) is 6.54 Å². The van der Waals surface area contributed by atoms with E-state index in [0.29, 0.717) is 6.42 Å². The van der Waals surface area contributed by atoms with E-state index < -0.39 is 51.1 Å². The van der Waals surface area contributed by atoms with Gasteiger partial charge in [0.05, 0.1) is 17.5 Å². The summed E-state index contributed by atoms with van der Waals surface area (Å²) in [5.74, 6) is -4.19. The molecule has 2 unspecified atom stereocenters. The average molecular weight is 426 g/mol. The van der Waals surface area contributed by atoms with Crippen LogP contribution in [0.25, 0.3) is 0 Å². The standard InChI is InChI=1S/C19H26N2O7S/c1-13(20-15(17(23)24)9-8-14-6-4-3-5-7-14)16(22)21-10-11-29(27,28)12-19(21,2)18(25)26/h3-7,13,15,20H,8-12H2,1-2H3,(H,23,24)(H,25,26)/t13-,15?,19?/m0/s1. The van der Waals surface area contributed by atoms with Gasteiger partial charge in [-0.15, -0.1) is 0 Å². The molecule has 0 saturated carbocycles. The number of benzene rings is 1. The smallest absolute Gasteiger partial charge is 0.330 e. The zero-order chi connectivity index (χ0) is 21.8. The van der Waals surface area contributed by atoms with E-state index in [1.807, 2.05) is 30.3 Å². The van der Waals surface area contributed by atoms with Crippen LogP contribution in [0.3, 0.4) is 0 Å². The molecule has 1 aliphatic heterocycles. The highest BCUT2D eigenvalue weighted by atomic mass is 32.2. The molecule has 29 heavy (non-hydrogen) atoms. The number of carboxylic acid groups (broad SMARTS) is 2. The summed E-state index contributed by atoms with van der Waals surface area (Å²) in [5, 5.41) is 21.8. The van der Waals surface area contributed by atoms with Gasteiger partial charge >= 0.3 is 11.9 Å². The maximum Gasteiger partial charge on any atom is 0.330 e.